The van der Waals surface area contributed by atoms with Crippen molar-refractivity contribution in [3.63, 3.8) is 0 Å². The van der Waals surface area contributed by atoms with Gasteiger partial charge in [0.15, 0.2) is 0 Å². The van der Waals surface area contributed by atoms with Crippen molar-refractivity contribution in [3.8, 4) is 5.75 Å². The Bertz CT molecular complexity index is 431. The van der Waals surface area contributed by atoms with Crippen LogP contribution in [0, 0.1) is 0 Å². The minimum Gasteiger partial charge on any atom is -0.496 e. The first kappa shape index (κ1) is 17.3. The van der Waals surface area contributed by atoms with Gasteiger partial charge < -0.3 is 10.5 Å². The lowest BCUT2D eigenvalue weighted by molar-refractivity contribution is 0.396. The second-order valence-electron chi connectivity index (χ2n) is 5.92. The average molecular weight is 298 g/mol. The van der Waals surface area contributed by atoms with E-state index in [0.717, 1.165) is 30.0 Å². The molecule has 1 rings (SSSR count). The molecule has 0 aliphatic heterocycles. The van der Waals surface area contributed by atoms with Crippen LogP contribution in [0.1, 0.15) is 69.9 Å². The minimum atomic E-state index is 0.284. The Morgan fingerprint density at radius 3 is 2.25 bits per heavy atom. The third-order valence-corrected chi connectivity index (χ3v) is 4.18. The molecule has 114 valence electrons. The fourth-order valence-corrected chi connectivity index (χ4v) is 2.73. The van der Waals surface area contributed by atoms with Gasteiger partial charge in [0.05, 0.1) is 7.11 Å². The smallest absolute Gasteiger partial charge is 0.125 e. The number of hydrogen-bond acceptors (Lipinski definition) is 2. The molecule has 0 fully saturated rings. The van der Waals surface area contributed by atoms with Gasteiger partial charge in [-0.25, -0.2) is 0 Å². The molecule has 2 unspecified atom stereocenters. The van der Waals surface area contributed by atoms with Crippen LogP contribution >= 0.6 is 11.6 Å². The van der Waals surface area contributed by atoms with E-state index in [1.54, 1.807) is 7.11 Å². The monoisotopic (exact) mass is 297 g/mol. The maximum atomic E-state index is 6.28. The number of halogens is 1. The number of ether oxygens (including phenoxy) is 1. The van der Waals surface area contributed by atoms with Gasteiger partial charge in [-0.2, -0.15) is 0 Å². The Morgan fingerprint density at radius 1 is 1.15 bits per heavy atom. The molecule has 2 N–H and O–H groups in total. The molecule has 0 spiro atoms. The highest BCUT2D eigenvalue weighted by molar-refractivity contribution is 6.30. The molecule has 1 aromatic carbocycles. The van der Waals surface area contributed by atoms with Gasteiger partial charge in [-0.1, -0.05) is 39.3 Å². The van der Waals surface area contributed by atoms with Crippen LogP contribution in [-0.4, -0.2) is 13.2 Å². The van der Waals surface area contributed by atoms with E-state index in [1.165, 1.54) is 11.1 Å². The first-order valence-corrected chi connectivity index (χ1v) is 7.91. The highest BCUT2D eigenvalue weighted by atomic mass is 35.5. The summed E-state index contributed by atoms with van der Waals surface area (Å²) in [5, 5.41) is 0.788. The number of rotatable bonds is 7. The average Bonchev–Trinajstić information content (AvgIpc) is 2.43. The van der Waals surface area contributed by atoms with Gasteiger partial charge in [0.1, 0.15) is 5.75 Å². The van der Waals surface area contributed by atoms with Crippen LogP contribution in [0.2, 0.25) is 5.02 Å². The molecular formula is C17H28ClNO. The zero-order valence-corrected chi connectivity index (χ0v) is 14.1. The number of hydrogen-bond donors (Lipinski definition) is 1. The third kappa shape index (κ3) is 4.39. The fraction of sp³-hybridized carbons (Fsp3) is 0.647. The quantitative estimate of drug-likeness (QED) is 0.760. The SMILES string of the molecule is CCC(N)CCC(C)c1cc(Cl)cc(C(C)C)c1OC. The van der Waals surface area contributed by atoms with Crippen molar-refractivity contribution in [1.82, 2.24) is 0 Å². The first-order chi connectivity index (χ1) is 9.40. The molecule has 0 saturated carbocycles. The molecule has 0 radical (unpaired) electrons. The minimum absolute atomic E-state index is 0.284. The molecule has 0 aliphatic rings. The molecule has 0 aromatic heterocycles. The van der Waals surface area contributed by atoms with Crippen molar-refractivity contribution < 1.29 is 4.74 Å². The van der Waals surface area contributed by atoms with Crippen LogP contribution in [0.3, 0.4) is 0 Å². The molecular weight excluding hydrogens is 270 g/mol. The molecule has 20 heavy (non-hydrogen) atoms. The van der Waals surface area contributed by atoms with E-state index >= 15 is 0 Å². The summed E-state index contributed by atoms with van der Waals surface area (Å²) in [6.45, 7) is 8.68. The molecule has 0 saturated heterocycles. The van der Waals surface area contributed by atoms with Crippen LogP contribution in [0.25, 0.3) is 0 Å². The third-order valence-electron chi connectivity index (χ3n) is 3.96. The molecule has 3 heteroatoms. The zero-order chi connectivity index (χ0) is 15.3. The molecule has 0 heterocycles. The van der Waals surface area contributed by atoms with Crippen molar-refractivity contribution in [3.05, 3.63) is 28.3 Å². The van der Waals surface area contributed by atoms with Crippen LogP contribution in [0.15, 0.2) is 12.1 Å². The standard InChI is InChI=1S/C17H28ClNO/c1-6-14(19)8-7-12(4)16-10-13(18)9-15(11(2)3)17(16)20-5/h9-12,14H,6-8,19H2,1-5H3. The van der Waals surface area contributed by atoms with Crippen molar-refractivity contribution >= 4 is 11.6 Å². The van der Waals surface area contributed by atoms with E-state index in [2.05, 4.69) is 27.7 Å². The van der Waals surface area contributed by atoms with Gasteiger partial charge in [-0.05, 0) is 54.4 Å². The summed E-state index contributed by atoms with van der Waals surface area (Å²) < 4.78 is 5.66. The predicted molar refractivity (Wildman–Crippen MR) is 88.0 cm³/mol. The largest absolute Gasteiger partial charge is 0.496 e. The van der Waals surface area contributed by atoms with Gasteiger partial charge in [0.25, 0.3) is 0 Å². The first-order valence-electron chi connectivity index (χ1n) is 7.53. The van der Waals surface area contributed by atoms with Gasteiger partial charge in [-0.3, -0.25) is 0 Å². The Hall–Kier alpha value is -0.730. The summed E-state index contributed by atoms with van der Waals surface area (Å²) >= 11 is 6.28. The molecule has 0 bridgehead atoms. The summed E-state index contributed by atoms with van der Waals surface area (Å²) in [5.74, 6) is 1.79. The summed E-state index contributed by atoms with van der Waals surface area (Å²) in [6.07, 6.45) is 3.12. The molecule has 2 nitrogen and oxygen atoms in total. The number of nitrogens with two attached hydrogens (primary N) is 1. The van der Waals surface area contributed by atoms with Gasteiger partial charge in [-0.15, -0.1) is 0 Å². The molecule has 2 atom stereocenters. The highest BCUT2D eigenvalue weighted by Crippen LogP contribution is 2.38. The lowest BCUT2D eigenvalue weighted by atomic mass is 9.89. The summed E-state index contributed by atoms with van der Waals surface area (Å²) in [6, 6.07) is 4.33. The maximum Gasteiger partial charge on any atom is 0.125 e. The topological polar surface area (TPSA) is 35.2 Å². The van der Waals surface area contributed by atoms with E-state index in [1.807, 2.05) is 12.1 Å². The van der Waals surface area contributed by atoms with E-state index in [9.17, 15) is 0 Å². The van der Waals surface area contributed by atoms with Gasteiger partial charge >= 0.3 is 0 Å². The van der Waals surface area contributed by atoms with Crippen LogP contribution in [0.5, 0.6) is 5.75 Å². The Kier molecular flexibility index (Phi) is 6.84. The van der Waals surface area contributed by atoms with Gasteiger partial charge in [0.2, 0.25) is 0 Å². The molecule has 0 aliphatic carbocycles. The summed E-state index contributed by atoms with van der Waals surface area (Å²) in [7, 11) is 1.74. The van der Waals surface area contributed by atoms with Crippen LogP contribution in [0.4, 0.5) is 0 Å². The van der Waals surface area contributed by atoms with E-state index in [4.69, 9.17) is 22.1 Å². The normalized spacial score (nSPS) is 14.4. The van der Waals surface area contributed by atoms with E-state index in [-0.39, 0.29) is 6.04 Å². The number of benzene rings is 1. The maximum absolute atomic E-state index is 6.28. The molecule has 1 aromatic rings. The Balaban J connectivity index is 3.03. The number of methoxy groups -OCH3 is 1. The van der Waals surface area contributed by atoms with Crippen molar-refractivity contribution in [2.24, 2.45) is 5.73 Å². The van der Waals surface area contributed by atoms with Crippen molar-refractivity contribution in [1.29, 1.82) is 0 Å². The summed E-state index contributed by atoms with van der Waals surface area (Å²) in [4.78, 5) is 0. The lowest BCUT2D eigenvalue weighted by Crippen LogP contribution is -2.19. The van der Waals surface area contributed by atoms with Crippen molar-refractivity contribution in [2.75, 3.05) is 7.11 Å². The van der Waals surface area contributed by atoms with Crippen molar-refractivity contribution in [2.45, 2.75) is 64.8 Å². The van der Waals surface area contributed by atoms with Crippen LogP contribution < -0.4 is 10.5 Å². The second kappa shape index (κ2) is 7.90. The summed E-state index contributed by atoms with van der Waals surface area (Å²) in [5.41, 5.74) is 8.40. The highest BCUT2D eigenvalue weighted by Gasteiger charge is 2.18. The molecule has 0 amide bonds. The zero-order valence-electron chi connectivity index (χ0n) is 13.4. The predicted octanol–water partition coefficient (Wildman–Crippen LogP) is 5.09. The lowest BCUT2D eigenvalue weighted by Gasteiger charge is -2.21. The van der Waals surface area contributed by atoms with E-state index in [0.29, 0.717) is 11.8 Å². The Morgan fingerprint density at radius 2 is 1.75 bits per heavy atom. The fourth-order valence-electron chi connectivity index (χ4n) is 2.49. The van der Waals surface area contributed by atoms with Crippen LogP contribution in [-0.2, 0) is 0 Å². The Labute approximate surface area is 128 Å². The van der Waals surface area contributed by atoms with E-state index < -0.39 is 0 Å². The van der Waals surface area contributed by atoms with Gasteiger partial charge in [0, 0.05) is 11.1 Å². The second-order valence-corrected chi connectivity index (χ2v) is 6.36.